The highest BCUT2D eigenvalue weighted by Crippen LogP contribution is 2.42. The van der Waals surface area contributed by atoms with E-state index in [1.165, 1.54) is 0 Å². The molecule has 1 saturated carbocycles. The van der Waals surface area contributed by atoms with Gasteiger partial charge in [0, 0.05) is 6.42 Å². The van der Waals surface area contributed by atoms with E-state index in [-0.39, 0.29) is 5.41 Å². The lowest BCUT2D eigenvalue weighted by Crippen LogP contribution is -2.31. The van der Waals surface area contributed by atoms with Crippen LogP contribution < -0.4 is 0 Å². The van der Waals surface area contributed by atoms with E-state index in [1.54, 1.807) is 4.68 Å². The summed E-state index contributed by atoms with van der Waals surface area (Å²) in [5, 5.41) is 21.1. The topological polar surface area (TPSA) is 67.4 Å². The average Bonchev–Trinajstić information content (AvgIpc) is 2.83. The monoisotopic (exact) mass is 239 g/mol. The van der Waals surface area contributed by atoms with Crippen molar-refractivity contribution in [3.8, 4) is 11.8 Å². The summed E-state index contributed by atoms with van der Waals surface area (Å²) in [4.78, 5) is 0. The summed E-state index contributed by atoms with van der Waals surface area (Å²) >= 11 is 0. The van der Waals surface area contributed by atoms with Gasteiger partial charge in [-0.3, -0.25) is 0 Å². The minimum absolute atomic E-state index is 0.249. The standard InChI is InChI=1S/C13H13N5/c14-10-13(7-4-8-13)9-12-15-16-17-18(12)11-5-2-1-3-6-11/h1-3,5-6H,4,7-9H2. The van der Waals surface area contributed by atoms with Crippen molar-refractivity contribution >= 4 is 0 Å². The Hall–Kier alpha value is -2.22. The smallest absolute Gasteiger partial charge is 0.158 e. The van der Waals surface area contributed by atoms with Crippen LogP contribution in [-0.4, -0.2) is 20.2 Å². The molecule has 90 valence electrons. The molecule has 1 fully saturated rings. The molecule has 0 radical (unpaired) electrons. The minimum Gasteiger partial charge on any atom is -0.198 e. The van der Waals surface area contributed by atoms with Gasteiger partial charge in [0.25, 0.3) is 0 Å². The molecule has 1 aliphatic carbocycles. The summed E-state index contributed by atoms with van der Waals surface area (Å²) in [6.07, 6.45) is 3.65. The third-order valence-electron chi connectivity index (χ3n) is 3.58. The Morgan fingerprint density at radius 2 is 2.06 bits per heavy atom. The van der Waals surface area contributed by atoms with Crippen LogP contribution in [0.3, 0.4) is 0 Å². The van der Waals surface area contributed by atoms with Gasteiger partial charge in [-0.15, -0.1) is 5.10 Å². The van der Waals surface area contributed by atoms with Gasteiger partial charge >= 0.3 is 0 Å². The molecule has 18 heavy (non-hydrogen) atoms. The second kappa shape index (κ2) is 4.22. The molecule has 0 aliphatic heterocycles. The quantitative estimate of drug-likeness (QED) is 0.820. The first-order valence-electron chi connectivity index (χ1n) is 6.07. The molecule has 0 bridgehead atoms. The van der Waals surface area contributed by atoms with Crippen LogP contribution in [0, 0.1) is 16.7 Å². The van der Waals surface area contributed by atoms with Crippen molar-refractivity contribution in [3.63, 3.8) is 0 Å². The molecule has 0 N–H and O–H groups in total. The van der Waals surface area contributed by atoms with E-state index in [9.17, 15) is 5.26 Å². The molecule has 0 atom stereocenters. The van der Waals surface area contributed by atoms with Gasteiger partial charge in [0.2, 0.25) is 0 Å². The Labute approximate surface area is 105 Å². The normalized spacial score (nSPS) is 16.8. The fourth-order valence-electron chi connectivity index (χ4n) is 2.32. The molecule has 1 aliphatic rings. The van der Waals surface area contributed by atoms with Crippen LogP contribution in [0.4, 0.5) is 0 Å². The van der Waals surface area contributed by atoms with Crippen molar-refractivity contribution < 1.29 is 0 Å². The Kier molecular flexibility index (Phi) is 2.56. The zero-order chi connectivity index (χ0) is 12.4. The molecule has 1 heterocycles. The zero-order valence-corrected chi connectivity index (χ0v) is 9.95. The van der Waals surface area contributed by atoms with Gasteiger partial charge in [-0.1, -0.05) is 24.6 Å². The fourth-order valence-corrected chi connectivity index (χ4v) is 2.32. The van der Waals surface area contributed by atoms with Crippen LogP contribution in [-0.2, 0) is 6.42 Å². The maximum Gasteiger partial charge on any atom is 0.158 e. The highest BCUT2D eigenvalue weighted by atomic mass is 15.5. The number of nitrogens with zero attached hydrogens (tertiary/aromatic N) is 5. The van der Waals surface area contributed by atoms with Gasteiger partial charge in [0.1, 0.15) is 0 Å². The number of rotatable bonds is 3. The molecule has 0 spiro atoms. The summed E-state index contributed by atoms with van der Waals surface area (Å²) in [6.45, 7) is 0. The Morgan fingerprint density at radius 3 is 2.67 bits per heavy atom. The summed E-state index contributed by atoms with van der Waals surface area (Å²) in [5.74, 6) is 0.766. The molecular formula is C13H13N5. The predicted octanol–water partition coefficient (Wildman–Crippen LogP) is 1.90. The van der Waals surface area contributed by atoms with E-state index < -0.39 is 0 Å². The first-order valence-corrected chi connectivity index (χ1v) is 6.07. The number of hydrogen-bond donors (Lipinski definition) is 0. The van der Waals surface area contributed by atoms with Crippen molar-refractivity contribution in [2.45, 2.75) is 25.7 Å². The van der Waals surface area contributed by atoms with Crippen molar-refractivity contribution in [3.05, 3.63) is 36.2 Å². The summed E-state index contributed by atoms with van der Waals surface area (Å²) < 4.78 is 1.72. The lowest BCUT2D eigenvalue weighted by atomic mass is 9.68. The second-order valence-corrected chi connectivity index (χ2v) is 4.76. The van der Waals surface area contributed by atoms with Crippen molar-refractivity contribution in [2.24, 2.45) is 5.41 Å². The highest BCUT2D eigenvalue weighted by molar-refractivity contribution is 5.31. The number of para-hydroxylation sites is 1. The van der Waals surface area contributed by atoms with Gasteiger partial charge < -0.3 is 0 Å². The Balaban J connectivity index is 1.91. The zero-order valence-electron chi connectivity index (χ0n) is 9.95. The maximum atomic E-state index is 9.27. The van der Waals surface area contributed by atoms with E-state index in [0.717, 1.165) is 30.8 Å². The van der Waals surface area contributed by atoms with Crippen LogP contribution in [0.5, 0.6) is 0 Å². The van der Waals surface area contributed by atoms with Crippen molar-refractivity contribution in [1.29, 1.82) is 5.26 Å². The Morgan fingerprint density at radius 1 is 1.28 bits per heavy atom. The number of tetrazole rings is 1. The van der Waals surface area contributed by atoms with Gasteiger partial charge in [0.15, 0.2) is 5.82 Å². The van der Waals surface area contributed by atoms with E-state index in [2.05, 4.69) is 21.6 Å². The lowest BCUT2D eigenvalue weighted by molar-refractivity contribution is 0.208. The molecule has 1 aromatic heterocycles. The van der Waals surface area contributed by atoms with E-state index in [4.69, 9.17) is 0 Å². The molecule has 5 nitrogen and oxygen atoms in total. The first-order chi connectivity index (χ1) is 8.83. The molecule has 0 unspecified atom stereocenters. The van der Waals surface area contributed by atoms with Crippen LogP contribution in [0.1, 0.15) is 25.1 Å². The molecule has 2 aromatic rings. The molecule has 1 aromatic carbocycles. The molecular weight excluding hydrogens is 226 g/mol. The molecule has 5 heteroatoms. The van der Waals surface area contributed by atoms with Crippen molar-refractivity contribution in [1.82, 2.24) is 20.2 Å². The SMILES string of the molecule is N#CC1(Cc2nnnn2-c2ccccc2)CCC1. The summed E-state index contributed by atoms with van der Waals surface area (Å²) in [5.41, 5.74) is 0.686. The van der Waals surface area contributed by atoms with Gasteiger partial charge in [-0.05, 0) is 35.4 Å². The second-order valence-electron chi connectivity index (χ2n) is 4.76. The lowest BCUT2D eigenvalue weighted by Gasteiger charge is -2.34. The Bertz CT molecular complexity index is 577. The third-order valence-corrected chi connectivity index (χ3v) is 3.58. The van der Waals surface area contributed by atoms with E-state index in [0.29, 0.717) is 6.42 Å². The predicted molar refractivity (Wildman–Crippen MR) is 64.8 cm³/mol. The largest absolute Gasteiger partial charge is 0.198 e. The number of aromatic nitrogens is 4. The van der Waals surface area contributed by atoms with Crippen LogP contribution in [0.2, 0.25) is 0 Å². The van der Waals surface area contributed by atoms with Gasteiger partial charge in [-0.25, -0.2) is 0 Å². The molecule has 0 amide bonds. The maximum absolute atomic E-state index is 9.27. The minimum atomic E-state index is -0.249. The number of hydrogen-bond acceptors (Lipinski definition) is 4. The first kappa shape index (κ1) is 10.9. The van der Waals surface area contributed by atoms with Crippen LogP contribution >= 0.6 is 0 Å². The van der Waals surface area contributed by atoms with Gasteiger partial charge in [0.05, 0.1) is 17.2 Å². The van der Waals surface area contributed by atoms with Gasteiger partial charge in [-0.2, -0.15) is 9.94 Å². The fraction of sp³-hybridized carbons (Fsp3) is 0.385. The average molecular weight is 239 g/mol. The van der Waals surface area contributed by atoms with Crippen molar-refractivity contribution in [2.75, 3.05) is 0 Å². The number of nitriles is 1. The van der Waals surface area contributed by atoms with Crippen LogP contribution in [0.25, 0.3) is 5.69 Å². The molecule has 3 rings (SSSR count). The number of benzene rings is 1. The van der Waals surface area contributed by atoms with E-state index >= 15 is 0 Å². The highest BCUT2D eigenvalue weighted by Gasteiger charge is 2.39. The van der Waals surface area contributed by atoms with E-state index in [1.807, 2.05) is 30.3 Å². The van der Waals surface area contributed by atoms with Crippen LogP contribution in [0.15, 0.2) is 30.3 Å². The summed E-state index contributed by atoms with van der Waals surface area (Å²) in [6, 6.07) is 12.2. The summed E-state index contributed by atoms with van der Waals surface area (Å²) in [7, 11) is 0. The third kappa shape index (κ3) is 1.76. The molecule has 0 saturated heterocycles.